The van der Waals surface area contributed by atoms with Crippen LogP contribution < -0.4 is 5.32 Å². The molecule has 2 atom stereocenters. The summed E-state index contributed by atoms with van der Waals surface area (Å²) in [5, 5.41) is 23.1. The third kappa shape index (κ3) is 65.5. The van der Waals surface area contributed by atoms with E-state index in [9.17, 15) is 19.8 Å². The van der Waals surface area contributed by atoms with Gasteiger partial charge in [0.15, 0.2) is 0 Å². The van der Waals surface area contributed by atoms with Crippen LogP contribution in [0, 0.1) is 0 Å². The van der Waals surface area contributed by atoms with E-state index in [1.54, 1.807) is 6.08 Å². The molecule has 0 aromatic heterocycles. The van der Waals surface area contributed by atoms with Gasteiger partial charge in [-0.15, -0.1) is 0 Å². The first kappa shape index (κ1) is 78.3. The molecular formula is C74H143NO5. The SMILES string of the molecule is CCCCCCCCC/C=C\CCCCCCCC(=O)OCCCCCCCCCCCCCCCCCCCCCCCCCCCCCCCCCCCCCC(=O)NC(CO)C(O)/C=C/CCCCCCCCCCCC. The Kier molecular flexibility index (Phi) is 68.4. The third-order valence-electron chi connectivity index (χ3n) is 17.2. The summed E-state index contributed by atoms with van der Waals surface area (Å²) in [6.07, 6.45) is 88.6. The number of aliphatic hydroxyl groups excluding tert-OH is 2. The zero-order valence-corrected chi connectivity index (χ0v) is 54.3. The molecule has 6 nitrogen and oxygen atoms in total. The average Bonchev–Trinajstić information content (AvgIpc) is 3.46. The number of aliphatic hydroxyl groups is 2. The number of rotatable bonds is 69. The zero-order valence-electron chi connectivity index (χ0n) is 54.3. The molecular weight excluding hydrogens is 983 g/mol. The van der Waals surface area contributed by atoms with E-state index >= 15 is 0 Å². The Labute approximate surface area is 501 Å². The summed E-state index contributed by atoms with van der Waals surface area (Å²) in [6, 6.07) is -0.622. The first-order valence-corrected chi connectivity index (χ1v) is 36.6. The molecule has 6 heteroatoms. The van der Waals surface area contributed by atoms with Crippen LogP contribution >= 0.6 is 0 Å². The molecule has 0 aromatic rings. The summed E-state index contributed by atoms with van der Waals surface area (Å²) in [7, 11) is 0. The van der Waals surface area contributed by atoms with Gasteiger partial charge in [-0.1, -0.05) is 366 Å². The van der Waals surface area contributed by atoms with E-state index < -0.39 is 12.1 Å². The molecule has 0 fully saturated rings. The molecule has 80 heavy (non-hydrogen) atoms. The largest absolute Gasteiger partial charge is 0.466 e. The molecule has 0 rings (SSSR count). The fourth-order valence-electron chi connectivity index (χ4n) is 11.6. The molecule has 0 radical (unpaired) electrons. The summed E-state index contributed by atoms with van der Waals surface area (Å²) in [6.45, 7) is 4.92. The highest BCUT2D eigenvalue weighted by Gasteiger charge is 2.18. The second-order valence-corrected chi connectivity index (χ2v) is 25.3. The van der Waals surface area contributed by atoms with Crippen molar-refractivity contribution in [2.75, 3.05) is 13.2 Å². The minimum Gasteiger partial charge on any atom is -0.466 e. The average molecular weight is 1130 g/mol. The van der Waals surface area contributed by atoms with Crippen molar-refractivity contribution in [2.24, 2.45) is 0 Å². The van der Waals surface area contributed by atoms with Gasteiger partial charge in [-0.3, -0.25) is 9.59 Å². The maximum absolute atomic E-state index is 12.5. The molecule has 0 saturated carbocycles. The van der Waals surface area contributed by atoms with Crippen LogP contribution in [0.3, 0.4) is 0 Å². The van der Waals surface area contributed by atoms with Crippen molar-refractivity contribution in [1.82, 2.24) is 5.32 Å². The fraction of sp³-hybridized carbons (Fsp3) is 0.919. The van der Waals surface area contributed by atoms with Crippen LogP contribution in [0.25, 0.3) is 0 Å². The van der Waals surface area contributed by atoms with E-state index in [1.165, 1.54) is 340 Å². The van der Waals surface area contributed by atoms with E-state index in [2.05, 4.69) is 31.3 Å². The quantitative estimate of drug-likeness (QED) is 0.0320. The number of hydrogen-bond acceptors (Lipinski definition) is 5. The monoisotopic (exact) mass is 1130 g/mol. The lowest BCUT2D eigenvalue weighted by atomic mass is 10.0. The van der Waals surface area contributed by atoms with Gasteiger partial charge in [0.25, 0.3) is 0 Å². The Morgan fingerprint density at radius 2 is 0.588 bits per heavy atom. The lowest BCUT2D eigenvalue weighted by Crippen LogP contribution is -2.45. The summed E-state index contributed by atoms with van der Waals surface area (Å²) in [4.78, 5) is 24.5. The molecule has 0 bridgehead atoms. The van der Waals surface area contributed by atoms with Gasteiger partial charge in [0, 0.05) is 12.8 Å². The van der Waals surface area contributed by atoms with Crippen LogP contribution in [-0.4, -0.2) is 47.4 Å². The van der Waals surface area contributed by atoms with E-state index in [4.69, 9.17) is 4.74 Å². The van der Waals surface area contributed by atoms with Crippen molar-refractivity contribution < 1.29 is 24.5 Å². The van der Waals surface area contributed by atoms with Gasteiger partial charge >= 0.3 is 5.97 Å². The highest BCUT2D eigenvalue weighted by molar-refractivity contribution is 5.76. The van der Waals surface area contributed by atoms with Gasteiger partial charge in [-0.05, 0) is 57.8 Å². The van der Waals surface area contributed by atoms with Crippen LogP contribution in [0.2, 0.25) is 0 Å². The number of ether oxygens (including phenoxy) is 1. The smallest absolute Gasteiger partial charge is 0.305 e. The van der Waals surface area contributed by atoms with Crippen molar-refractivity contribution >= 4 is 11.9 Å². The van der Waals surface area contributed by atoms with Gasteiger partial charge in [-0.25, -0.2) is 0 Å². The Balaban J connectivity index is 3.30. The normalized spacial score (nSPS) is 12.6. The number of amides is 1. The molecule has 2 unspecified atom stereocenters. The first-order valence-electron chi connectivity index (χ1n) is 36.6. The molecule has 0 spiro atoms. The maximum Gasteiger partial charge on any atom is 0.305 e. The van der Waals surface area contributed by atoms with Crippen molar-refractivity contribution in [2.45, 2.75) is 424 Å². The van der Waals surface area contributed by atoms with Gasteiger partial charge in [0.2, 0.25) is 5.91 Å². The summed E-state index contributed by atoms with van der Waals surface area (Å²) < 4.78 is 5.50. The van der Waals surface area contributed by atoms with Crippen molar-refractivity contribution in [3.05, 3.63) is 24.3 Å². The number of allylic oxidation sites excluding steroid dienone is 3. The van der Waals surface area contributed by atoms with Crippen LogP contribution in [0.1, 0.15) is 412 Å². The number of unbranched alkanes of at least 4 members (excludes halogenated alkanes) is 56. The lowest BCUT2D eigenvalue weighted by Gasteiger charge is -2.20. The highest BCUT2D eigenvalue weighted by atomic mass is 16.5. The minimum atomic E-state index is -0.839. The van der Waals surface area contributed by atoms with E-state index in [1.807, 2.05) is 6.08 Å². The molecule has 474 valence electrons. The summed E-state index contributed by atoms with van der Waals surface area (Å²) in [5.74, 6) is -0.0459. The topological polar surface area (TPSA) is 95.9 Å². The minimum absolute atomic E-state index is 0.0156. The fourth-order valence-corrected chi connectivity index (χ4v) is 11.6. The molecule has 0 aliphatic rings. The zero-order chi connectivity index (χ0) is 57.8. The first-order chi connectivity index (χ1) is 39.5. The Morgan fingerprint density at radius 1 is 0.338 bits per heavy atom. The van der Waals surface area contributed by atoms with Crippen molar-refractivity contribution in [3.63, 3.8) is 0 Å². The molecule has 0 saturated heterocycles. The van der Waals surface area contributed by atoms with Gasteiger partial charge in [0.05, 0.1) is 25.4 Å². The summed E-state index contributed by atoms with van der Waals surface area (Å²) >= 11 is 0. The molecule has 0 aliphatic carbocycles. The predicted octanol–water partition coefficient (Wildman–Crippen LogP) is 23.7. The van der Waals surface area contributed by atoms with E-state index in [-0.39, 0.29) is 18.5 Å². The second kappa shape index (κ2) is 69.8. The Morgan fingerprint density at radius 3 is 0.887 bits per heavy atom. The molecule has 0 aliphatic heterocycles. The van der Waals surface area contributed by atoms with Gasteiger partial charge in [-0.2, -0.15) is 0 Å². The van der Waals surface area contributed by atoms with Crippen LogP contribution in [0.15, 0.2) is 24.3 Å². The van der Waals surface area contributed by atoms with Crippen LogP contribution in [-0.2, 0) is 14.3 Å². The van der Waals surface area contributed by atoms with Crippen molar-refractivity contribution in [1.29, 1.82) is 0 Å². The summed E-state index contributed by atoms with van der Waals surface area (Å²) in [5.41, 5.74) is 0. The lowest BCUT2D eigenvalue weighted by molar-refractivity contribution is -0.143. The predicted molar refractivity (Wildman–Crippen MR) is 352 cm³/mol. The van der Waals surface area contributed by atoms with E-state index in [0.29, 0.717) is 19.4 Å². The number of nitrogens with one attached hydrogen (secondary N) is 1. The van der Waals surface area contributed by atoms with Crippen molar-refractivity contribution in [3.8, 4) is 0 Å². The van der Waals surface area contributed by atoms with Gasteiger partial charge in [0.1, 0.15) is 0 Å². The number of esters is 1. The standard InChI is InChI=1S/C74H143NO5/c1-3-5-7-9-11-13-15-17-18-41-44-48-52-56-60-64-68-74(79)80-69-65-61-57-53-49-45-42-39-37-35-33-31-29-27-25-23-21-19-20-22-24-26-28-30-32-34-36-38-40-43-47-51-55-59-63-67-73(78)75-71(70-76)72(77)66-62-58-54-50-46-16-14-12-10-8-6-4-2/h18,41,62,66,71-72,76-77H,3-17,19-40,42-61,63-65,67-70H2,1-2H3,(H,75,78)/b41-18-,66-62+. The van der Waals surface area contributed by atoms with Crippen LogP contribution in [0.4, 0.5) is 0 Å². The van der Waals surface area contributed by atoms with Crippen LogP contribution in [0.5, 0.6) is 0 Å². The second-order valence-electron chi connectivity index (χ2n) is 25.3. The Hall–Kier alpha value is -1.66. The van der Waals surface area contributed by atoms with Gasteiger partial charge < -0.3 is 20.3 Å². The third-order valence-corrected chi connectivity index (χ3v) is 17.2. The molecule has 0 aromatic carbocycles. The highest BCUT2D eigenvalue weighted by Crippen LogP contribution is 2.19. The Bertz CT molecular complexity index is 1250. The maximum atomic E-state index is 12.5. The number of carbonyl (C=O) groups is 2. The molecule has 1 amide bonds. The molecule has 0 heterocycles. The van der Waals surface area contributed by atoms with E-state index in [0.717, 1.165) is 44.9 Å². The molecule has 3 N–H and O–H groups in total. The number of hydrogen-bond donors (Lipinski definition) is 3. The number of carbonyl (C=O) groups excluding carboxylic acids is 2.